The first-order valence-corrected chi connectivity index (χ1v) is 6.76. The highest BCUT2D eigenvalue weighted by Gasteiger charge is 2.11. The highest BCUT2D eigenvalue weighted by atomic mass is 127. The van der Waals surface area contributed by atoms with Gasteiger partial charge in [0.1, 0.15) is 0 Å². The largest absolute Gasteiger partial charge is 0.280 e. The fraction of sp³-hybridized carbons (Fsp3) is 0. The molecule has 0 bridgehead atoms. The molecule has 0 saturated heterocycles. The van der Waals surface area contributed by atoms with Gasteiger partial charge in [-0.1, -0.05) is 36.4 Å². The van der Waals surface area contributed by atoms with E-state index in [1.165, 1.54) is 27.2 Å². The number of pyridine rings is 1. The van der Waals surface area contributed by atoms with Crippen LogP contribution in [0.5, 0.6) is 0 Å². The fourth-order valence-corrected chi connectivity index (χ4v) is 3.45. The average Bonchev–Trinajstić information content (AvgIpc) is 2.73. The quantitative estimate of drug-likeness (QED) is 0.428. The third-order valence-electron chi connectivity index (χ3n) is 3.35. The minimum atomic E-state index is 1.07. The molecule has 2 aromatic heterocycles. The summed E-state index contributed by atoms with van der Waals surface area (Å²) >= 11 is 2.36. The van der Waals surface area contributed by atoms with E-state index in [1.54, 1.807) is 0 Å². The second-order valence-electron chi connectivity index (χ2n) is 4.33. The van der Waals surface area contributed by atoms with Crippen molar-refractivity contribution in [2.45, 2.75) is 0 Å². The van der Waals surface area contributed by atoms with Gasteiger partial charge in [-0.15, -0.1) is 0 Å². The van der Waals surface area contributed by atoms with Crippen LogP contribution in [0, 0.1) is 0 Å². The normalized spacial score (nSPS) is 11.6. The van der Waals surface area contributed by atoms with E-state index in [2.05, 4.69) is 73.1 Å². The Morgan fingerprint density at radius 2 is 1.78 bits per heavy atom. The molecule has 86 valence electrons. The van der Waals surface area contributed by atoms with Crippen LogP contribution in [-0.2, 0) is 0 Å². The van der Waals surface area contributed by atoms with Crippen LogP contribution in [-0.4, -0.2) is 7.76 Å². The number of rotatable bonds is 0. The summed E-state index contributed by atoms with van der Waals surface area (Å²) in [4.78, 5) is 4.54. The standard InChI is InChI=1S/C15H9IN2/c16-18-13-6-2-1-5-11(13)12-8-7-10-4-3-9-17-14(10)15(12)18/h1-9H. The van der Waals surface area contributed by atoms with E-state index >= 15 is 0 Å². The summed E-state index contributed by atoms with van der Waals surface area (Å²) in [6.45, 7) is 0. The molecule has 0 unspecified atom stereocenters. The van der Waals surface area contributed by atoms with Crippen LogP contribution in [0.4, 0.5) is 0 Å². The molecule has 2 heterocycles. The van der Waals surface area contributed by atoms with Gasteiger partial charge in [-0.25, -0.2) is 0 Å². The van der Waals surface area contributed by atoms with Crippen molar-refractivity contribution in [1.29, 1.82) is 0 Å². The van der Waals surface area contributed by atoms with Gasteiger partial charge in [-0.3, -0.25) is 7.76 Å². The van der Waals surface area contributed by atoms with Crippen LogP contribution < -0.4 is 0 Å². The number of hydrogen-bond donors (Lipinski definition) is 0. The van der Waals surface area contributed by atoms with E-state index in [9.17, 15) is 0 Å². The highest BCUT2D eigenvalue weighted by Crippen LogP contribution is 2.34. The maximum absolute atomic E-state index is 4.54. The Morgan fingerprint density at radius 1 is 0.889 bits per heavy atom. The topological polar surface area (TPSA) is 17.8 Å². The molecule has 0 saturated carbocycles. The van der Waals surface area contributed by atoms with Crippen molar-refractivity contribution < 1.29 is 0 Å². The van der Waals surface area contributed by atoms with E-state index in [0.29, 0.717) is 0 Å². The van der Waals surface area contributed by atoms with Crippen LogP contribution in [0.15, 0.2) is 54.7 Å². The van der Waals surface area contributed by atoms with Gasteiger partial charge in [0.15, 0.2) is 0 Å². The van der Waals surface area contributed by atoms with Gasteiger partial charge < -0.3 is 0 Å². The summed E-state index contributed by atoms with van der Waals surface area (Å²) in [5.41, 5.74) is 3.52. The van der Waals surface area contributed by atoms with Crippen LogP contribution in [0.25, 0.3) is 32.7 Å². The Balaban J connectivity index is 2.39. The maximum atomic E-state index is 4.54. The van der Waals surface area contributed by atoms with Gasteiger partial charge >= 0.3 is 0 Å². The first-order valence-electron chi connectivity index (χ1n) is 5.79. The van der Waals surface area contributed by atoms with Gasteiger partial charge in [-0.05, 0) is 12.1 Å². The summed E-state index contributed by atoms with van der Waals surface area (Å²) in [6.07, 6.45) is 1.86. The molecular weight excluding hydrogens is 335 g/mol. The minimum absolute atomic E-state index is 1.07. The second-order valence-corrected chi connectivity index (χ2v) is 5.30. The molecule has 4 rings (SSSR count). The number of fused-ring (bicyclic) bond motifs is 5. The van der Waals surface area contributed by atoms with Crippen molar-refractivity contribution in [3.63, 3.8) is 0 Å². The lowest BCUT2D eigenvalue weighted by Gasteiger charge is -2.00. The van der Waals surface area contributed by atoms with Crippen LogP contribution in [0.3, 0.4) is 0 Å². The predicted molar refractivity (Wildman–Crippen MR) is 84.2 cm³/mol. The summed E-state index contributed by atoms with van der Waals surface area (Å²) in [7, 11) is 0. The zero-order chi connectivity index (χ0) is 12.1. The number of benzene rings is 2. The molecule has 0 fully saturated rings. The van der Waals surface area contributed by atoms with Gasteiger partial charge in [0, 0.05) is 22.4 Å². The first kappa shape index (κ1) is 10.3. The maximum Gasteiger partial charge on any atom is 0.0952 e. The average molecular weight is 344 g/mol. The van der Waals surface area contributed by atoms with Crippen molar-refractivity contribution in [2.24, 2.45) is 0 Å². The van der Waals surface area contributed by atoms with E-state index < -0.39 is 0 Å². The van der Waals surface area contributed by atoms with Crippen molar-refractivity contribution in [3.8, 4) is 0 Å². The molecule has 4 aromatic rings. The molecule has 0 aliphatic rings. The van der Waals surface area contributed by atoms with E-state index in [1.807, 2.05) is 12.3 Å². The third kappa shape index (κ3) is 1.25. The zero-order valence-electron chi connectivity index (χ0n) is 9.47. The number of nitrogens with zero attached hydrogens (tertiary/aromatic N) is 2. The second kappa shape index (κ2) is 3.68. The Kier molecular flexibility index (Phi) is 2.11. The third-order valence-corrected chi connectivity index (χ3v) is 4.35. The highest BCUT2D eigenvalue weighted by molar-refractivity contribution is 14.1. The summed E-state index contributed by atoms with van der Waals surface area (Å²) < 4.78 is 2.21. The number of para-hydroxylation sites is 1. The molecule has 0 radical (unpaired) electrons. The Bertz CT molecular complexity index is 893. The van der Waals surface area contributed by atoms with Crippen molar-refractivity contribution in [2.75, 3.05) is 0 Å². The lowest BCUT2D eigenvalue weighted by Crippen LogP contribution is -1.83. The fourth-order valence-electron chi connectivity index (χ4n) is 2.54. The van der Waals surface area contributed by atoms with E-state index in [4.69, 9.17) is 0 Å². The Hall–Kier alpha value is -1.62. The zero-order valence-corrected chi connectivity index (χ0v) is 11.6. The van der Waals surface area contributed by atoms with E-state index in [0.717, 1.165) is 5.52 Å². The SMILES string of the molecule is In1c2ccccc2c2ccc3cccnc3c21. The van der Waals surface area contributed by atoms with Gasteiger partial charge in [-0.2, -0.15) is 0 Å². The summed E-state index contributed by atoms with van der Waals surface area (Å²) in [5.74, 6) is 0. The molecule has 3 heteroatoms. The Labute approximate surface area is 118 Å². The molecule has 0 spiro atoms. The van der Waals surface area contributed by atoms with Crippen LogP contribution >= 0.6 is 22.9 Å². The molecule has 0 aliphatic heterocycles. The molecule has 0 atom stereocenters. The lowest BCUT2D eigenvalue weighted by molar-refractivity contribution is 1.40. The predicted octanol–water partition coefficient (Wildman–Crippen LogP) is 4.54. The number of hydrogen-bond acceptors (Lipinski definition) is 1. The molecular formula is C15H9IN2. The van der Waals surface area contributed by atoms with Crippen molar-refractivity contribution >= 4 is 55.6 Å². The molecule has 18 heavy (non-hydrogen) atoms. The van der Waals surface area contributed by atoms with Gasteiger partial charge in [0.25, 0.3) is 0 Å². The monoisotopic (exact) mass is 344 g/mol. The smallest absolute Gasteiger partial charge is 0.0952 e. The van der Waals surface area contributed by atoms with Crippen molar-refractivity contribution in [1.82, 2.24) is 7.76 Å². The van der Waals surface area contributed by atoms with Crippen molar-refractivity contribution in [3.05, 3.63) is 54.7 Å². The minimum Gasteiger partial charge on any atom is -0.280 e. The van der Waals surface area contributed by atoms with Crippen LogP contribution in [0.2, 0.25) is 0 Å². The first-order chi connectivity index (χ1) is 8.86. The Morgan fingerprint density at radius 3 is 2.72 bits per heavy atom. The van der Waals surface area contributed by atoms with E-state index in [-0.39, 0.29) is 0 Å². The lowest BCUT2D eigenvalue weighted by atomic mass is 10.1. The summed E-state index contributed by atoms with van der Waals surface area (Å²) in [6, 6.07) is 16.9. The molecule has 0 aliphatic carbocycles. The molecule has 2 nitrogen and oxygen atoms in total. The number of aromatic nitrogens is 2. The van der Waals surface area contributed by atoms with Crippen LogP contribution in [0.1, 0.15) is 0 Å². The summed E-state index contributed by atoms with van der Waals surface area (Å²) in [5, 5.41) is 3.74. The molecule has 2 aromatic carbocycles. The molecule has 0 N–H and O–H groups in total. The molecule has 0 amide bonds. The van der Waals surface area contributed by atoms with Gasteiger partial charge in [0.2, 0.25) is 0 Å². The van der Waals surface area contributed by atoms with Gasteiger partial charge in [0.05, 0.1) is 39.4 Å². The number of halogens is 1.